The molecule has 1 nitrogen and oxygen atoms in total. The van der Waals surface area contributed by atoms with Crippen molar-refractivity contribution in [3.8, 4) is 0 Å². The highest BCUT2D eigenvalue weighted by atomic mass is 35.5. The summed E-state index contributed by atoms with van der Waals surface area (Å²) in [6.45, 7) is 3.43. The minimum atomic E-state index is 0.290. The van der Waals surface area contributed by atoms with Crippen molar-refractivity contribution < 1.29 is 0 Å². The summed E-state index contributed by atoms with van der Waals surface area (Å²) >= 11 is 6.28. The van der Waals surface area contributed by atoms with Crippen LogP contribution in [0.5, 0.6) is 0 Å². The molecular formula is C15H22ClN. The molecule has 2 heteroatoms. The lowest BCUT2D eigenvalue weighted by atomic mass is 9.80. The molecule has 2 rings (SSSR count). The average molecular weight is 252 g/mol. The number of benzene rings is 1. The SMILES string of the molecule is CCCC1(Cc2ccccc2Cl)CCCCN1. The molecule has 1 fully saturated rings. The van der Waals surface area contributed by atoms with Crippen LogP contribution in [0, 0.1) is 0 Å². The second-order valence-corrected chi connectivity index (χ2v) is 5.59. The van der Waals surface area contributed by atoms with Crippen LogP contribution in [0.1, 0.15) is 44.6 Å². The smallest absolute Gasteiger partial charge is 0.0438 e. The third-order valence-electron chi connectivity index (χ3n) is 3.80. The molecule has 0 spiro atoms. The van der Waals surface area contributed by atoms with E-state index < -0.39 is 0 Å². The van der Waals surface area contributed by atoms with Crippen molar-refractivity contribution in [1.29, 1.82) is 0 Å². The van der Waals surface area contributed by atoms with Gasteiger partial charge in [-0.25, -0.2) is 0 Å². The summed E-state index contributed by atoms with van der Waals surface area (Å²) in [6, 6.07) is 8.26. The first kappa shape index (κ1) is 12.9. The molecule has 0 saturated carbocycles. The number of rotatable bonds is 4. The molecule has 0 radical (unpaired) electrons. The highest BCUT2D eigenvalue weighted by Gasteiger charge is 2.31. The highest BCUT2D eigenvalue weighted by molar-refractivity contribution is 6.31. The third-order valence-corrected chi connectivity index (χ3v) is 4.17. The fourth-order valence-corrected chi connectivity index (χ4v) is 3.17. The first-order chi connectivity index (χ1) is 8.26. The van der Waals surface area contributed by atoms with Crippen LogP contribution in [0.2, 0.25) is 5.02 Å². The lowest BCUT2D eigenvalue weighted by Gasteiger charge is -2.39. The molecule has 1 aliphatic rings. The largest absolute Gasteiger partial charge is 0.311 e. The molecule has 1 aromatic carbocycles. The summed E-state index contributed by atoms with van der Waals surface area (Å²) < 4.78 is 0. The van der Waals surface area contributed by atoms with Crippen molar-refractivity contribution in [1.82, 2.24) is 5.32 Å². The Kier molecular flexibility index (Phi) is 4.47. The van der Waals surface area contributed by atoms with Crippen LogP contribution < -0.4 is 5.32 Å². The van der Waals surface area contributed by atoms with Gasteiger partial charge in [0.25, 0.3) is 0 Å². The quantitative estimate of drug-likeness (QED) is 0.846. The first-order valence-electron chi connectivity index (χ1n) is 6.74. The Balaban J connectivity index is 2.14. The number of piperidine rings is 1. The van der Waals surface area contributed by atoms with Crippen molar-refractivity contribution in [2.45, 2.75) is 51.0 Å². The lowest BCUT2D eigenvalue weighted by Crippen LogP contribution is -2.50. The van der Waals surface area contributed by atoms with E-state index >= 15 is 0 Å². The van der Waals surface area contributed by atoms with E-state index in [1.807, 2.05) is 12.1 Å². The van der Waals surface area contributed by atoms with E-state index in [1.54, 1.807) is 0 Å². The number of halogens is 1. The van der Waals surface area contributed by atoms with Crippen LogP contribution in [-0.2, 0) is 6.42 Å². The van der Waals surface area contributed by atoms with E-state index in [1.165, 1.54) is 37.7 Å². The van der Waals surface area contributed by atoms with E-state index in [0.717, 1.165) is 18.0 Å². The Morgan fingerprint density at radius 3 is 2.76 bits per heavy atom. The molecule has 0 aromatic heterocycles. The van der Waals surface area contributed by atoms with E-state index in [0.29, 0.717) is 0 Å². The Hall–Kier alpha value is -0.530. The summed E-state index contributed by atoms with van der Waals surface area (Å²) in [5.74, 6) is 0. The molecule has 1 atom stereocenters. The second-order valence-electron chi connectivity index (χ2n) is 5.18. The van der Waals surface area contributed by atoms with Crippen LogP contribution in [-0.4, -0.2) is 12.1 Å². The van der Waals surface area contributed by atoms with E-state index in [4.69, 9.17) is 11.6 Å². The molecule has 0 aliphatic carbocycles. The van der Waals surface area contributed by atoms with Gasteiger partial charge >= 0.3 is 0 Å². The predicted molar refractivity (Wildman–Crippen MR) is 74.6 cm³/mol. The molecule has 1 N–H and O–H groups in total. The van der Waals surface area contributed by atoms with Crippen molar-refractivity contribution in [3.05, 3.63) is 34.9 Å². The number of nitrogens with one attached hydrogen (secondary N) is 1. The lowest BCUT2D eigenvalue weighted by molar-refractivity contribution is 0.233. The maximum absolute atomic E-state index is 6.28. The zero-order chi connectivity index (χ0) is 12.1. The molecule has 0 bridgehead atoms. The standard InChI is InChI=1S/C15H22ClN/c1-2-9-15(10-5-6-11-17-15)12-13-7-3-4-8-14(13)16/h3-4,7-8,17H,2,5-6,9-12H2,1H3. The van der Waals surface area contributed by atoms with Crippen LogP contribution >= 0.6 is 11.6 Å². The normalized spacial score (nSPS) is 24.8. The van der Waals surface area contributed by atoms with Crippen molar-refractivity contribution in [3.63, 3.8) is 0 Å². The number of hydrogen-bond donors (Lipinski definition) is 1. The van der Waals surface area contributed by atoms with Crippen LogP contribution in [0.15, 0.2) is 24.3 Å². The topological polar surface area (TPSA) is 12.0 Å². The first-order valence-corrected chi connectivity index (χ1v) is 7.12. The van der Waals surface area contributed by atoms with Gasteiger partial charge < -0.3 is 5.32 Å². The van der Waals surface area contributed by atoms with Gasteiger partial charge in [-0.2, -0.15) is 0 Å². The van der Waals surface area contributed by atoms with Crippen LogP contribution in [0.4, 0.5) is 0 Å². The third kappa shape index (κ3) is 3.23. The van der Waals surface area contributed by atoms with Crippen LogP contribution in [0.3, 0.4) is 0 Å². The Morgan fingerprint density at radius 2 is 2.12 bits per heavy atom. The Morgan fingerprint density at radius 1 is 1.29 bits per heavy atom. The molecule has 1 heterocycles. The van der Waals surface area contributed by atoms with Gasteiger partial charge in [-0.1, -0.05) is 49.6 Å². The molecule has 1 aromatic rings. The summed E-state index contributed by atoms with van der Waals surface area (Å²) in [5, 5.41) is 4.66. The maximum Gasteiger partial charge on any atom is 0.0438 e. The minimum absolute atomic E-state index is 0.290. The van der Waals surface area contributed by atoms with E-state index in [9.17, 15) is 0 Å². The monoisotopic (exact) mass is 251 g/mol. The summed E-state index contributed by atoms with van der Waals surface area (Å²) in [6.07, 6.45) is 7.49. The zero-order valence-corrected chi connectivity index (χ0v) is 11.4. The molecule has 0 amide bonds. The van der Waals surface area contributed by atoms with Gasteiger partial charge in [0.15, 0.2) is 0 Å². The Labute approximate surface area is 110 Å². The Bertz CT molecular complexity index is 350. The average Bonchev–Trinajstić information content (AvgIpc) is 2.34. The van der Waals surface area contributed by atoms with Gasteiger partial charge in [-0.3, -0.25) is 0 Å². The van der Waals surface area contributed by atoms with Gasteiger partial charge in [-0.15, -0.1) is 0 Å². The van der Waals surface area contributed by atoms with Crippen molar-refractivity contribution in [2.75, 3.05) is 6.54 Å². The maximum atomic E-state index is 6.28. The molecule has 1 aliphatic heterocycles. The van der Waals surface area contributed by atoms with Gasteiger partial charge in [0.1, 0.15) is 0 Å². The summed E-state index contributed by atoms with van der Waals surface area (Å²) in [4.78, 5) is 0. The van der Waals surface area contributed by atoms with E-state index in [-0.39, 0.29) is 5.54 Å². The zero-order valence-electron chi connectivity index (χ0n) is 10.6. The second kappa shape index (κ2) is 5.88. The molecule has 94 valence electrons. The van der Waals surface area contributed by atoms with Gasteiger partial charge in [0.05, 0.1) is 0 Å². The van der Waals surface area contributed by atoms with Gasteiger partial charge in [-0.05, 0) is 43.9 Å². The molecular weight excluding hydrogens is 230 g/mol. The molecule has 1 unspecified atom stereocenters. The fraction of sp³-hybridized carbons (Fsp3) is 0.600. The summed E-state index contributed by atoms with van der Waals surface area (Å²) in [5.41, 5.74) is 1.58. The molecule has 17 heavy (non-hydrogen) atoms. The van der Waals surface area contributed by atoms with E-state index in [2.05, 4.69) is 24.4 Å². The molecule has 1 saturated heterocycles. The fourth-order valence-electron chi connectivity index (χ4n) is 2.97. The van der Waals surface area contributed by atoms with Gasteiger partial charge in [0, 0.05) is 10.6 Å². The van der Waals surface area contributed by atoms with Crippen LogP contribution in [0.25, 0.3) is 0 Å². The van der Waals surface area contributed by atoms with Crippen molar-refractivity contribution in [2.24, 2.45) is 0 Å². The minimum Gasteiger partial charge on any atom is -0.311 e. The highest BCUT2D eigenvalue weighted by Crippen LogP contribution is 2.30. The summed E-state index contributed by atoms with van der Waals surface area (Å²) in [7, 11) is 0. The van der Waals surface area contributed by atoms with Gasteiger partial charge in [0.2, 0.25) is 0 Å². The van der Waals surface area contributed by atoms with Crippen molar-refractivity contribution >= 4 is 11.6 Å². The predicted octanol–water partition coefficient (Wildman–Crippen LogP) is 4.19. The number of hydrogen-bond acceptors (Lipinski definition) is 1.